The number of rotatable bonds is 7. The second-order valence-electron chi connectivity index (χ2n) is 10.3. The lowest BCUT2D eigenvalue weighted by Crippen LogP contribution is -2.62. The molecule has 2 aliphatic carbocycles. The van der Waals surface area contributed by atoms with Gasteiger partial charge in [-0.15, -0.1) is 0 Å². The molecule has 0 aromatic rings. The summed E-state index contributed by atoms with van der Waals surface area (Å²) in [7, 11) is 3.20. The van der Waals surface area contributed by atoms with Gasteiger partial charge in [0.25, 0.3) is 0 Å². The third-order valence-corrected chi connectivity index (χ3v) is 8.20. The Bertz CT molecular complexity index is 785. The molecule has 1 heterocycles. The highest BCUT2D eigenvalue weighted by Gasteiger charge is 2.69. The summed E-state index contributed by atoms with van der Waals surface area (Å²) >= 11 is 0. The highest BCUT2D eigenvalue weighted by molar-refractivity contribution is 5.72. The highest BCUT2D eigenvalue weighted by Crippen LogP contribution is 2.67. The molecule has 1 N–H and O–H groups in total. The van der Waals surface area contributed by atoms with Gasteiger partial charge in [0, 0.05) is 14.2 Å². The van der Waals surface area contributed by atoms with E-state index in [0.717, 1.165) is 17.6 Å². The van der Waals surface area contributed by atoms with E-state index in [1.54, 1.807) is 14.2 Å². The van der Waals surface area contributed by atoms with Gasteiger partial charge in [-0.25, -0.2) is 0 Å². The van der Waals surface area contributed by atoms with Crippen LogP contribution in [0.2, 0.25) is 0 Å². The van der Waals surface area contributed by atoms with Crippen LogP contribution in [0.1, 0.15) is 53.9 Å². The fraction of sp³-hybridized carbons (Fsp3) is 0.731. The number of ether oxygens (including phenoxy) is 4. The molecule has 6 nitrogen and oxygen atoms in total. The van der Waals surface area contributed by atoms with Gasteiger partial charge in [-0.1, -0.05) is 52.0 Å². The Labute approximate surface area is 192 Å². The molecule has 0 amide bonds. The van der Waals surface area contributed by atoms with Crippen molar-refractivity contribution in [3.8, 4) is 0 Å². The maximum Gasteiger partial charge on any atom is 0.308 e. The summed E-state index contributed by atoms with van der Waals surface area (Å²) in [6.07, 6.45) is 5.70. The van der Waals surface area contributed by atoms with Crippen LogP contribution in [0.15, 0.2) is 36.0 Å². The van der Waals surface area contributed by atoms with Crippen molar-refractivity contribution in [2.45, 2.75) is 78.7 Å². The molecule has 0 unspecified atom stereocenters. The van der Waals surface area contributed by atoms with Crippen molar-refractivity contribution in [1.82, 2.24) is 0 Å². The molecule has 0 aromatic carbocycles. The molecular weight excluding hydrogens is 408 g/mol. The number of esters is 1. The topological polar surface area (TPSA) is 74.2 Å². The van der Waals surface area contributed by atoms with Crippen LogP contribution in [-0.4, -0.2) is 50.1 Å². The summed E-state index contributed by atoms with van der Waals surface area (Å²) in [6.45, 7) is 14.1. The van der Waals surface area contributed by atoms with Gasteiger partial charge in [-0.3, -0.25) is 4.79 Å². The predicted molar refractivity (Wildman–Crippen MR) is 122 cm³/mol. The molecule has 180 valence electrons. The van der Waals surface area contributed by atoms with Gasteiger partial charge in [-0.05, 0) is 55.1 Å². The lowest BCUT2D eigenvalue weighted by atomic mass is 9.45. The molecule has 0 bridgehead atoms. The SMILES string of the molecule is C=C/C(C)=C/C[C@]1(C)[C@H](C)C[C@H](O)[C@@]23C(=C[C@H](OC(=O)C(C)C)C[C@@H]12)[C@@H](OC)O[C@H]3OC. The van der Waals surface area contributed by atoms with Crippen LogP contribution in [0.5, 0.6) is 0 Å². The smallest absolute Gasteiger partial charge is 0.308 e. The number of hydrogen-bond donors (Lipinski definition) is 1. The normalized spacial score (nSPS) is 41.7. The molecule has 8 atom stereocenters. The minimum atomic E-state index is -0.757. The fourth-order valence-corrected chi connectivity index (χ4v) is 6.07. The van der Waals surface area contributed by atoms with Gasteiger partial charge in [-0.2, -0.15) is 0 Å². The molecular formula is C26H40O6. The molecule has 2 fully saturated rings. The zero-order valence-corrected chi connectivity index (χ0v) is 20.6. The van der Waals surface area contributed by atoms with Crippen LogP contribution in [-0.2, 0) is 23.7 Å². The van der Waals surface area contributed by atoms with Crippen LogP contribution >= 0.6 is 0 Å². The Balaban J connectivity index is 2.16. The van der Waals surface area contributed by atoms with Crippen molar-refractivity contribution in [1.29, 1.82) is 0 Å². The highest BCUT2D eigenvalue weighted by atomic mass is 16.8. The Kier molecular flexibility index (Phi) is 7.40. The van der Waals surface area contributed by atoms with E-state index < -0.39 is 30.2 Å². The first kappa shape index (κ1) is 25.2. The monoisotopic (exact) mass is 448 g/mol. The third-order valence-electron chi connectivity index (χ3n) is 8.20. The van der Waals surface area contributed by atoms with Crippen LogP contribution in [0.4, 0.5) is 0 Å². The summed E-state index contributed by atoms with van der Waals surface area (Å²) in [5.41, 5.74) is 1.01. The Morgan fingerprint density at radius 2 is 2.03 bits per heavy atom. The lowest BCUT2D eigenvalue weighted by molar-refractivity contribution is -0.253. The molecule has 1 saturated heterocycles. The first-order valence-electron chi connectivity index (χ1n) is 11.7. The third kappa shape index (κ3) is 3.89. The molecule has 1 aliphatic heterocycles. The van der Waals surface area contributed by atoms with Gasteiger partial charge in [0.1, 0.15) is 6.10 Å². The van der Waals surface area contributed by atoms with E-state index >= 15 is 0 Å². The van der Waals surface area contributed by atoms with Gasteiger partial charge >= 0.3 is 5.97 Å². The first-order chi connectivity index (χ1) is 15.1. The zero-order chi connectivity index (χ0) is 23.8. The predicted octanol–water partition coefficient (Wildman–Crippen LogP) is 4.39. The molecule has 3 rings (SSSR count). The second-order valence-corrected chi connectivity index (χ2v) is 10.3. The standard InChI is InChI=1S/C26H40O6/c1-9-16(4)10-11-25(6)17(5)12-21(27)26-19(23(29-7)32-24(26)30-8)13-18(14-20(25)26)31-22(28)15(2)3/h9-10,13,15,17-18,20-21,23-24,27H,1,11-12,14H2,2-8H3/b16-10+/t17-,18+,20+,21+,23+,24-,25-,26-/m1/s1. The number of aliphatic hydroxyl groups is 1. The van der Waals surface area contributed by atoms with Crippen molar-refractivity contribution in [3.05, 3.63) is 36.0 Å². The average molecular weight is 449 g/mol. The van der Waals surface area contributed by atoms with Gasteiger partial charge in [0.05, 0.1) is 17.4 Å². The molecule has 3 aliphatic rings. The van der Waals surface area contributed by atoms with Crippen LogP contribution < -0.4 is 0 Å². The number of carbonyl (C=O) groups excluding carboxylic acids is 1. The van der Waals surface area contributed by atoms with Crippen molar-refractivity contribution < 1.29 is 28.8 Å². The number of aliphatic hydroxyl groups excluding tert-OH is 1. The quantitative estimate of drug-likeness (QED) is 0.354. The molecule has 32 heavy (non-hydrogen) atoms. The van der Waals surface area contributed by atoms with Crippen molar-refractivity contribution in [3.63, 3.8) is 0 Å². The van der Waals surface area contributed by atoms with Gasteiger partial charge in [0.15, 0.2) is 12.6 Å². The van der Waals surface area contributed by atoms with E-state index in [1.807, 2.05) is 32.9 Å². The first-order valence-corrected chi connectivity index (χ1v) is 11.7. The van der Waals surface area contributed by atoms with E-state index in [1.165, 1.54) is 0 Å². The summed E-state index contributed by atoms with van der Waals surface area (Å²) in [6, 6.07) is 0. The molecule has 0 radical (unpaired) electrons. The molecule has 1 spiro atoms. The van der Waals surface area contributed by atoms with E-state index in [4.69, 9.17) is 18.9 Å². The number of allylic oxidation sites excluding steroid dienone is 3. The van der Waals surface area contributed by atoms with Gasteiger partial charge in [0.2, 0.25) is 0 Å². The van der Waals surface area contributed by atoms with Crippen LogP contribution in [0.25, 0.3) is 0 Å². The Hall–Kier alpha value is -1.47. The van der Waals surface area contributed by atoms with E-state index in [-0.39, 0.29) is 29.1 Å². The zero-order valence-electron chi connectivity index (χ0n) is 20.6. The summed E-state index contributed by atoms with van der Waals surface area (Å²) in [5, 5.41) is 11.6. The van der Waals surface area contributed by atoms with E-state index in [9.17, 15) is 9.90 Å². The summed E-state index contributed by atoms with van der Waals surface area (Å²) in [5.74, 6) is -0.256. The van der Waals surface area contributed by atoms with Crippen molar-refractivity contribution in [2.24, 2.45) is 28.6 Å². The summed E-state index contributed by atoms with van der Waals surface area (Å²) < 4.78 is 23.6. The number of hydrogen-bond acceptors (Lipinski definition) is 6. The Morgan fingerprint density at radius 1 is 1.34 bits per heavy atom. The number of carbonyl (C=O) groups is 1. The molecule has 6 heteroatoms. The van der Waals surface area contributed by atoms with Gasteiger partial charge < -0.3 is 24.1 Å². The average Bonchev–Trinajstić information content (AvgIpc) is 3.09. The summed E-state index contributed by atoms with van der Waals surface area (Å²) in [4.78, 5) is 12.5. The van der Waals surface area contributed by atoms with Crippen LogP contribution in [0.3, 0.4) is 0 Å². The van der Waals surface area contributed by atoms with Crippen molar-refractivity contribution >= 4 is 5.97 Å². The lowest BCUT2D eigenvalue weighted by Gasteiger charge is -2.60. The maximum atomic E-state index is 12.5. The second kappa shape index (κ2) is 9.41. The minimum Gasteiger partial charge on any atom is -0.458 e. The van der Waals surface area contributed by atoms with Crippen molar-refractivity contribution in [2.75, 3.05) is 14.2 Å². The van der Waals surface area contributed by atoms with E-state index in [0.29, 0.717) is 12.8 Å². The minimum absolute atomic E-state index is 0.0438. The number of methoxy groups -OCH3 is 2. The fourth-order valence-electron chi connectivity index (χ4n) is 6.07. The largest absolute Gasteiger partial charge is 0.458 e. The van der Waals surface area contributed by atoms with Crippen LogP contribution in [0, 0.1) is 28.6 Å². The van der Waals surface area contributed by atoms with E-state index in [2.05, 4.69) is 26.5 Å². The Morgan fingerprint density at radius 3 is 2.59 bits per heavy atom. The maximum absolute atomic E-state index is 12.5. The molecule has 1 saturated carbocycles. The molecule has 0 aromatic heterocycles.